The van der Waals surface area contributed by atoms with Gasteiger partial charge >= 0.3 is 0 Å². The SMILES string of the molecule is NC1=CNC(N)(Cc2ccc(F)cc2)C=C1. The number of hydrogen-bond donors (Lipinski definition) is 3. The van der Waals surface area contributed by atoms with Crippen molar-refractivity contribution in [3.8, 4) is 0 Å². The van der Waals surface area contributed by atoms with E-state index in [4.69, 9.17) is 11.5 Å². The largest absolute Gasteiger partial charge is 0.398 e. The maximum atomic E-state index is 12.7. The summed E-state index contributed by atoms with van der Waals surface area (Å²) in [6.07, 6.45) is 5.82. The molecule has 1 aromatic carbocycles. The standard InChI is InChI=1S/C12H14FN3/c13-10-3-1-9(2-4-10)7-12(15)6-5-11(14)8-16-12/h1-6,8,16H,7,14-15H2. The summed E-state index contributed by atoms with van der Waals surface area (Å²) in [5.41, 5.74) is 12.6. The summed E-state index contributed by atoms with van der Waals surface area (Å²) in [6, 6.07) is 6.30. The quantitative estimate of drug-likeness (QED) is 0.694. The molecule has 3 nitrogen and oxygen atoms in total. The molecule has 0 saturated carbocycles. The second-order valence-electron chi connectivity index (χ2n) is 3.97. The molecule has 1 aromatic rings. The summed E-state index contributed by atoms with van der Waals surface area (Å²) >= 11 is 0. The molecular weight excluding hydrogens is 205 g/mol. The molecule has 84 valence electrons. The van der Waals surface area contributed by atoms with Crippen molar-refractivity contribution >= 4 is 0 Å². The molecule has 5 N–H and O–H groups in total. The molecule has 1 aliphatic heterocycles. The monoisotopic (exact) mass is 219 g/mol. The van der Waals surface area contributed by atoms with Crippen molar-refractivity contribution in [1.29, 1.82) is 0 Å². The third-order valence-corrected chi connectivity index (χ3v) is 2.49. The maximum Gasteiger partial charge on any atom is 0.123 e. The van der Waals surface area contributed by atoms with Crippen molar-refractivity contribution in [1.82, 2.24) is 5.32 Å². The third kappa shape index (κ3) is 2.41. The normalized spacial score (nSPS) is 23.8. The Kier molecular flexibility index (Phi) is 2.66. The van der Waals surface area contributed by atoms with Crippen molar-refractivity contribution in [3.63, 3.8) is 0 Å². The number of nitrogens with two attached hydrogens (primary N) is 2. The van der Waals surface area contributed by atoms with Crippen molar-refractivity contribution in [2.24, 2.45) is 11.5 Å². The van der Waals surface area contributed by atoms with E-state index >= 15 is 0 Å². The number of hydrogen-bond acceptors (Lipinski definition) is 3. The fraction of sp³-hybridized carbons (Fsp3) is 0.167. The highest BCUT2D eigenvalue weighted by Crippen LogP contribution is 2.14. The van der Waals surface area contributed by atoms with Crippen LogP contribution in [-0.2, 0) is 6.42 Å². The Bertz CT molecular complexity index is 436. The van der Waals surface area contributed by atoms with E-state index < -0.39 is 5.66 Å². The minimum Gasteiger partial charge on any atom is -0.398 e. The molecule has 1 heterocycles. The molecule has 1 aliphatic rings. The topological polar surface area (TPSA) is 64.1 Å². The fourth-order valence-corrected chi connectivity index (χ4v) is 1.61. The van der Waals surface area contributed by atoms with Gasteiger partial charge in [-0.25, -0.2) is 4.39 Å². The van der Waals surface area contributed by atoms with Gasteiger partial charge in [0, 0.05) is 18.3 Å². The average Bonchev–Trinajstić information content (AvgIpc) is 2.27. The zero-order chi connectivity index (χ0) is 11.6. The highest BCUT2D eigenvalue weighted by molar-refractivity contribution is 5.28. The zero-order valence-corrected chi connectivity index (χ0v) is 8.78. The van der Waals surface area contributed by atoms with E-state index in [1.807, 2.05) is 6.08 Å². The van der Waals surface area contributed by atoms with Crippen molar-refractivity contribution in [2.45, 2.75) is 12.1 Å². The predicted molar refractivity (Wildman–Crippen MR) is 61.6 cm³/mol. The summed E-state index contributed by atoms with van der Waals surface area (Å²) < 4.78 is 12.7. The van der Waals surface area contributed by atoms with Crippen LogP contribution in [0.2, 0.25) is 0 Å². The molecule has 0 bridgehead atoms. The molecule has 0 fully saturated rings. The smallest absolute Gasteiger partial charge is 0.123 e. The van der Waals surface area contributed by atoms with Gasteiger partial charge in [0.25, 0.3) is 0 Å². The molecule has 2 rings (SSSR count). The van der Waals surface area contributed by atoms with Crippen LogP contribution in [0.4, 0.5) is 4.39 Å². The van der Waals surface area contributed by atoms with Gasteiger partial charge in [-0.1, -0.05) is 12.1 Å². The van der Waals surface area contributed by atoms with E-state index in [9.17, 15) is 4.39 Å². The van der Waals surface area contributed by atoms with Crippen LogP contribution in [0, 0.1) is 5.82 Å². The summed E-state index contributed by atoms with van der Waals surface area (Å²) in [7, 11) is 0. The van der Waals surface area contributed by atoms with Gasteiger partial charge in [-0.15, -0.1) is 0 Å². The van der Waals surface area contributed by atoms with Crippen LogP contribution in [-0.4, -0.2) is 5.66 Å². The van der Waals surface area contributed by atoms with E-state index in [1.165, 1.54) is 12.1 Å². The van der Waals surface area contributed by atoms with Gasteiger partial charge in [-0.05, 0) is 29.8 Å². The lowest BCUT2D eigenvalue weighted by Crippen LogP contribution is -2.52. The lowest BCUT2D eigenvalue weighted by Gasteiger charge is -2.29. The minimum atomic E-state index is -0.652. The maximum absolute atomic E-state index is 12.7. The van der Waals surface area contributed by atoms with Crippen LogP contribution in [0.15, 0.2) is 48.3 Å². The van der Waals surface area contributed by atoms with Crippen LogP contribution in [0.25, 0.3) is 0 Å². The second kappa shape index (κ2) is 3.98. The Balaban J connectivity index is 2.10. The van der Waals surface area contributed by atoms with E-state index in [-0.39, 0.29) is 5.82 Å². The van der Waals surface area contributed by atoms with Crippen LogP contribution >= 0.6 is 0 Å². The Morgan fingerprint density at radius 1 is 1.25 bits per heavy atom. The van der Waals surface area contributed by atoms with Crippen molar-refractivity contribution in [2.75, 3.05) is 0 Å². The number of benzene rings is 1. The van der Waals surface area contributed by atoms with E-state index in [1.54, 1.807) is 24.4 Å². The molecule has 0 aromatic heterocycles. The highest BCUT2D eigenvalue weighted by atomic mass is 19.1. The van der Waals surface area contributed by atoms with Crippen molar-refractivity contribution < 1.29 is 4.39 Å². The number of nitrogens with one attached hydrogen (secondary N) is 1. The third-order valence-electron chi connectivity index (χ3n) is 2.49. The Morgan fingerprint density at radius 3 is 2.50 bits per heavy atom. The predicted octanol–water partition coefficient (Wildman–Crippen LogP) is 0.983. The number of halogens is 1. The molecule has 16 heavy (non-hydrogen) atoms. The Labute approximate surface area is 93.6 Å². The minimum absolute atomic E-state index is 0.244. The Morgan fingerprint density at radius 2 is 1.94 bits per heavy atom. The molecule has 0 amide bonds. The van der Waals surface area contributed by atoms with Gasteiger partial charge in [0.2, 0.25) is 0 Å². The summed E-state index contributed by atoms with van der Waals surface area (Å²) in [6.45, 7) is 0. The molecule has 0 saturated heterocycles. The molecule has 0 radical (unpaired) electrons. The molecule has 0 spiro atoms. The van der Waals surface area contributed by atoms with Gasteiger partial charge in [-0.2, -0.15) is 0 Å². The van der Waals surface area contributed by atoms with Crippen LogP contribution in [0.3, 0.4) is 0 Å². The first-order valence-corrected chi connectivity index (χ1v) is 5.03. The lowest BCUT2D eigenvalue weighted by atomic mass is 9.98. The number of allylic oxidation sites excluding steroid dienone is 1. The highest BCUT2D eigenvalue weighted by Gasteiger charge is 2.22. The molecule has 4 heteroatoms. The molecule has 0 aliphatic carbocycles. The van der Waals surface area contributed by atoms with Crippen LogP contribution in [0.1, 0.15) is 5.56 Å². The molecule has 1 atom stereocenters. The number of rotatable bonds is 2. The second-order valence-corrected chi connectivity index (χ2v) is 3.97. The van der Waals surface area contributed by atoms with Gasteiger partial charge in [0.1, 0.15) is 11.5 Å². The summed E-state index contributed by atoms with van der Waals surface area (Å²) in [4.78, 5) is 0. The molecular formula is C12H14FN3. The first-order chi connectivity index (χ1) is 7.57. The van der Waals surface area contributed by atoms with Gasteiger partial charge in [0.15, 0.2) is 0 Å². The zero-order valence-electron chi connectivity index (χ0n) is 8.78. The van der Waals surface area contributed by atoms with E-state index in [0.717, 1.165) is 5.56 Å². The van der Waals surface area contributed by atoms with Gasteiger partial charge in [0.05, 0.1) is 0 Å². The van der Waals surface area contributed by atoms with E-state index in [0.29, 0.717) is 12.1 Å². The Hall–Kier alpha value is -1.81. The first-order valence-electron chi connectivity index (χ1n) is 5.03. The fourth-order valence-electron chi connectivity index (χ4n) is 1.61. The summed E-state index contributed by atoms with van der Waals surface area (Å²) in [5.74, 6) is -0.244. The summed E-state index contributed by atoms with van der Waals surface area (Å²) in [5, 5.41) is 3.02. The van der Waals surface area contributed by atoms with Crippen LogP contribution in [0.5, 0.6) is 0 Å². The number of dihydropyridines is 1. The van der Waals surface area contributed by atoms with Crippen LogP contribution < -0.4 is 16.8 Å². The average molecular weight is 219 g/mol. The van der Waals surface area contributed by atoms with Crippen molar-refractivity contribution in [3.05, 3.63) is 59.7 Å². The first kappa shape index (κ1) is 10.7. The lowest BCUT2D eigenvalue weighted by molar-refractivity contribution is 0.463. The van der Waals surface area contributed by atoms with Gasteiger partial charge < -0.3 is 16.8 Å². The van der Waals surface area contributed by atoms with Gasteiger partial charge in [-0.3, -0.25) is 0 Å². The van der Waals surface area contributed by atoms with E-state index in [2.05, 4.69) is 5.32 Å². The molecule has 1 unspecified atom stereocenters.